The second kappa shape index (κ2) is 9.20. The highest BCUT2D eigenvalue weighted by Gasteiger charge is 2.28. The number of benzene rings is 2. The predicted molar refractivity (Wildman–Crippen MR) is 132 cm³/mol. The number of aromatic nitrogens is 1. The van der Waals surface area contributed by atoms with E-state index >= 15 is 0 Å². The van der Waals surface area contributed by atoms with Gasteiger partial charge in [0.1, 0.15) is 11.3 Å². The summed E-state index contributed by atoms with van der Waals surface area (Å²) in [7, 11) is 0. The number of carbonyl (C=O) groups is 1. The summed E-state index contributed by atoms with van der Waals surface area (Å²) < 4.78 is 11.7. The molecule has 4 rings (SSSR count). The quantitative estimate of drug-likeness (QED) is 0.442. The molecule has 1 aliphatic heterocycles. The molecule has 0 atom stereocenters. The largest absolute Gasteiger partial charge is 0.484 e. The smallest absolute Gasteiger partial charge is 0.260 e. The van der Waals surface area contributed by atoms with Crippen LogP contribution in [0.1, 0.15) is 71.3 Å². The first-order valence-corrected chi connectivity index (χ1v) is 12.0. The Bertz CT molecular complexity index is 1050. The Hall–Kier alpha value is -2.82. The van der Waals surface area contributed by atoms with Crippen LogP contribution in [0.2, 0.25) is 0 Å². The standard InChI is InChI=1S/C28H36N2O3/c1-27(2,3)19-28(4,5)21-10-12-22(13-11-21)32-18-25(31)30-16-14-20(15-17-30)26-29-23-8-6-7-9-24(23)33-26/h6-13,20H,14-19H2,1-5H3. The highest BCUT2D eigenvalue weighted by Crippen LogP contribution is 2.36. The van der Waals surface area contributed by atoms with Crippen molar-refractivity contribution < 1.29 is 13.9 Å². The number of amides is 1. The maximum absolute atomic E-state index is 12.7. The van der Waals surface area contributed by atoms with Crippen LogP contribution < -0.4 is 4.74 Å². The van der Waals surface area contributed by atoms with Crippen molar-refractivity contribution in [2.45, 2.75) is 65.2 Å². The summed E-state index contributed by atoms with van der Waals surface area (Å²) in [4.78, 5) is 19.2. The molecule has 0 spiro atoms. The maximum atomic E-state index is 12.7. The van der Waals surface area contributed by atoms with Gasteiger partial charge in [-0.25, -0.2) is 4.98 Å². The van der Waals surface area contributed by atoms with Crippen LogP contribution in [0.25, 0.3) is 11.1 Å². The van der Waals surface area contributed by atoms with Gasteiger partial charge in [-0.15, -0.1) is 0 Å². The van der Waals surface area contributed by atoms with E-state index < -0.39 is 0 Å². The molecule has 1 saturated heterocycles. The molecule has 1 amide bonds. The Morgan fingerprint density at radius 3 is 2.33 bits per heavy atom. The molecule has 3 aromatic rings. The molecule has 33 heavy (non-hydrogen) atoms. The minimum absolute atomic E-state index is 0.0307. The predicted octanol–water partition coefficient (Wildman–Crippen LogP) is 6.33. The van der Waals surface area contributed by atoms with Crippen LogP contribution in [0.5, 0.6) is 5.75 Å². The molecular formula is C28H36N2O3. The molecule has 0 radical (unpaired) electrons. The van der Waals surface area contributed by atoms with Gasteiger partial charge in [0.05, 0.1) is 0 Å². The molecule has 0 unspecified atom stereocenters. The lowest BCUT2D eigenvalue weighted by atomic mass is 9.72. The van der Waals surface area contributed by atoms with Gasteiger partial charge >= 0.3 is 0 Å². The van der Waals surface area contributed by atoms with Gasteiger partial charge in [0.2, 0.25) is 0 Å². The second-order valence-corrected chi connectivity index (χ2v) is 11.1. The van der Waals surface area contributed by atoms with E-state index in [1.54, 1.807) is 0 Å². The van der Waals surface area contributed by atoms with Crippen molar-refractivity contribution >= 4 is 17.0 Å². The zero-order chi connectivity index (χ0) is 23.6. The van der Waals surface area contributed by atoms with E-state index in [1.807, 2.05) is 41.3 Å². The third-order valence-electron chi connectivity index (χ3n) is 6.48. The molecule has 1 aromatic heterocycles. The lowest BCUT2D eigenvalue weighted by Gasteiger charge is -2.33. The Balaban J connectivity index is 1.27. The van der Waals surface area contributed by atoms with Gasteiger partial charge < -0.3 is 14.1 Å². The Morgan fingerprint density at radius 1 is 1.03 bits per heavy atom. The molecule has 2 aromatic carbocycles. The molecule has 2 heterocycles. The number of likely N-dealkylation sites (tertiary alicyclic amines) is 1. The fraction of sp³-hybridized carbons (Fsp3) is 0.500. The van der Waals surface area contributed by atoms with E-state index in [0.29, 0.717) is 13.1 Å². The van der Waals surface area contributed by atoms with Gasteiger partial charge in [0, 0.05) is 19.0 Å². The van der Waals surface area contributed by atoms with E-state index in [0.717, 1.165) is 42.0 Å². The van der Waals surface area contributed by atoms with Gasteiger partial charge in [0.25, 0.3) is 5.91 Å². The van der Waals surface area contributed by atoms with E-state index in [4.69, 9.17) is 9.15 Å². The number of piperidine rings is 1. The molecule has 5 nitrogen and oxygen atoms in total. The van der Waals surface area contributed by atoms with Gasteiger partial charge in [0.15, 0.2) is 18.1 Å². The number of hydrogen-bond acceptors (Lipinski definition) is 4. The summed E-state index contributed by atoms with van der Waals surface area (Å²) in [6, 6.07) is 16.0. The number of fused-ring (bicyclic) bond motifs is 1. The summed E-state index contributed by atoms with van der Waals surface area (Å²) >= 11 is 0. The molecule has 0 saturated carbocycles. The summed E-state index contributed by atoms with van der Waals surface area (Å²) in [5.74, 6) is 1.81. The van der Waals surface area contributed by atoms with Crippen molar-refractivity contribution in [3.8, 4) is 5.75 Å². The van der Waals surface area contributed by atoms with Crippen molar-refractivity contribution in [2.24, 2.45) is 5.41 Å². The zero-order valence-corrected chi connectivity index (χ0v) is 20.6. The molecule has 0 bridgehead atoms. The Kier molecular flexibility index (Phi) is 6.51. The van der Waals surface area contributed by atoms with E-state index in [9.17, 15) is 4.79 Å². The number of para-hydroxylation sites is 2. The first-order valence-electron chi connectivity index (χ1n) is 12.0. The lowest BCUT2D eigenvalue weighted by molar-refractivity contribution is -0.134. The highest BCUT2D eigenvalue weighted by molar-refractivity contribution is 5.78. The van der Waals surface area contributed by atoms with Gasteiger partial charge in [-0.3, -0.25) is 4.79 Å². The lowest BCUT2D eigenvalue weighted by Crippen LogP contribution is -2.40. The highest BCUT2D eigenvalue weighted by atomic mass is 16.5. The van der Waals surface area contributed by atoms with Crippen LogP contribution in [0.4, 0.5) is 0 Å². The maximum Gasteiger partial charge on any atom is 0.260 e. The van der Waals surface area contributed by atoms with E-state index in [-0.39, 0.29) is 29.3 Å². The summed E-state index contributed by atoms with van der Waals surface area (Å²) in [5, 5.41) is 0. The molecule has 176 valence electrons. The monoisotopic (exact) mass is 448 g/mol. The average molecular weight is 449 g/mol. The van der Waals surface area contributed by atoms with Crippen LogP contribution >= 0.6 is 0 Å². The molecular weight excluding hydrogens is 412 g/mol. The molecule has 0 N–H and O–H groups in total. The van der Waals surface area contributed by atoms with E-state index in [1.165, 1.54) is 5.56 Å². The first-order chi connectivity index (χ1) is 15.6. The normalized spacial score (nSPS) is 15.7. The zero-order valence-electron chi connectivity index (χ0n) is 20.6. The summed E-state index contributed by atoms with van der Waals surface area (Å²) in [5.41, 5.74) is 3.36. The number of nitrogens with zero attached hydrogens (tertiary/aromatic N) is 2. The SMILES string of the molecule is CC(C)(C)CC(C)(C)c1ccc(OCC(=O)N2CCC(c3nc4ccccc4o3)CC2)cc1. The molecule has 1 aliphatic rings. The van der Waals surface area contributed by atoms with Gasteiger partial charge in [-0.1, -0.05) is 58.9 Å². The first kappa shape index (κ1) is 23.3. The third-order valence-corrected chi connectivity index (χ3v) is 6.48. The Morgan fingerprint density at radius 2 is 1.70 bits per heavy atom. The number of carbonyl (C=O) groups excluding carboxylic acids is 1. The molecule has 0 aliphatic carbocycles. The number of rotatable bonds is 6. The van der Waals surface area contributed by atoms with Crippen LogP contribution in [0, 0.1) is 5.41 Å². The van der Waals surface area contributed by atoms with Crippen LogP contribution in [0.15, 0.2) is 52.9 Å². The van der Waals surface area contributed by atoms with Crippen molar-refractivity contribution in [3.63, 3.8) is 0 Å². The van der Waals surface area contributed by atoms with E-state index in [2.05, 4.69) is 51.7 Å². The number of hydrogen-bond donors (Lipinski definition) is 0. The average Bonchev–Trinajstić information content (AvgIpc) is 3.21. The minimum Gasteiger partial charge on any atom is -0.484 e. The van der Waals surface area contributed by atoms with Gasteiger partial charge in [-0.05, 0) is 59.9 Å². The van der Waals surface area contributed by atoms with Crippen molar-refractivity contribution in [1.29, 1.82) is 0 Å². The number of ether oxygens (including phenoxy) is 1. The van der Waals surface area contributed by atoms with Crippen molar-refractivity contribution in [3.05, 3.63) is 60.0 Å². The van der Waals surface area contributed by atoms with Crippen molar-refractivity contribution in [2.75, 3.05) is 19.7 Å². The van der Waals surface area contributed by atoms with Gasteiger partial charge in [-0.2, -0.15) is 0 Å². The minimum atomic E-state index is 0.0307. The van der Waals surface area contributed by atoms with Crippen LogP contribution in [0.3, 0.4) is 0 Å². The number of oxazole rings is 1. The van der Waals surface area contributed by atoms with Crippen molar-refractivity contribution in [1.82, 2.24) is 9.88 Å². The van der Waals surface area contributed by atoms with Crippen LogP contribution in [-0.2, 0) is 10.2 Å². The summed E-state index contributed by atoms with van der Waals surface area (Å²) in [6.45, 7) is 12.8. The molecule has 1 fully saturated rings. The van der Waals surface area contributed by atoms with Crippen LogP contribution in [-0.4, -0.2) is 35.5 Å². The molecule has 5 heteroatoms. The Labute approximate surface area is 197 Å². The second-order valence-electron chi connectivity index (χ2n) is 11.1. The third kappa shape index (κ3) is 5.76. The fourth-order valence-electron chi connectivity index (χ4n) is 5.11. The summed E-state index contributed by atoms with van der Waals surface area (Å²) in [6.07, 6.45) is 2.81. The topological polar surface area (TPSA) is 55.6 Å². The fourth-order valence-corrected chi connectivity index (χ4v) is 5.11.